The molecule has 0 radical (unpaired) electrons. The van der Waals surface area contributed by atoms with E-state index >= 15 is 0 Å². The monoisotopic (exact) mass is 145 g/mol. The van der Waals surface area contributed by atoms with E-state index in [0.717, 1.165) is 0 Å². The van der Waals surface area contributed by atoms with Crippen molar-refractivity contribution in [3.05, 3.63) is 0 Å². The Kier molecular flexibility index (Phi) is 2.28. The summed E-state index contributed by atoms with van der Waals surface area (Å²) in [6.45, 7) is 5.84. The fourth-order valence-electron chi connectivity index (χ4n) is 1.07. The van der Waals surface area contributed by atoms with Crippen LogP contribution in [0.1, 0.15) is 13.8 Å². The molecule has 1 atom stereocenters. The average molecular weight is 145 g/mol. The Labute approximate surface area is 61.4 Å². The van der Waals surface area contributed by atoms with Crippen LogP contribution in [0, 0.1) is 0 Å². The summed E-state index contributed by atoms with van der Waals surface area (Å²) in [4.78, 5) is 0. The van der Waals surface area contributed by atoms with E-state index in [1.807, 2.05) is 13.8 Å². The topological polar surface area (TPSA) is 41.5 Å². The molecule has 1 unspecified atom stereocenters. The van der Waals surface area contributed by atoms with Crippen LogP contribution in [-0.4, -0.2) is 36.5 Å². The fraction of sp³-hybridized carbons (Fsp3) is 1.00. The maximum atomic E-state index is 9.62. The third kappa shape index (κ3) is 1.31. The molecule has 3 nitrogen and oxygen atoms in total. The molecule has 2 N–H and O–H groups in total. The summed E-state index contributed by atoms with van der Waals surface area (Å²) >= 11 is 0. The molecular formula is C7H15NO2. The van der Waals surface area contributed by atoms with Crippen LogP contribution in [0.3, 0.4) is 0 Å². The molecule has 3 heteroatoms. The number of hydrogen-bond acceptors (Lipinski definition) is 3. The van der Waals surface area contributed by atoms with Crippen molar-refractivity contribution >= 4 is 0 Å². The predicted molar refractivity (Wildman–Crippen MR) is 38.9 cm³/mol. The molecule has 1 rings (SSSR count). The second-order valence-corrected chi connectivity index (χ2v) is 2.80. The van der Waals surface area contributed by atoms with E-state index in [1.54, 1.807) is 0 Å². The summed E-state index contributed by atoms with van der Waals surface area (Å²) in [6.07, 6.45) is -0.0428. The van der Waals surface area contributed by atoms with Gasteiger partial charge in [-0.3, -0.25) is 0 Å². The highest BCUT2D eigenvalue weighted by molar-refractivity contribution is 4.97. The lowest BCUT2D eigenvalue weighted by Crippen LogP contribution is -2.65. The molecule has 0 aromatic rings. The van der Waals surface area contributed by atoms with Gasteiger partial charge in [0.1, 0.15) is 5.60 Å². The first kappa shape index (κ1) is 7.98. The van der Waals surface area contributed by atoms with Crippen molar-refractivity contribution in [3.63, 3.8) is 0 Å². The minimum atomic E-state index is -0.601. The quantitative estimate of drug-likeness (QED) is 0.575. The van der Waals surface area contributed by atoms with E-state index in [9.17, 15) is 5.11 Å². The van der Waals surface area contributed by atoms with Gasteiger partial charge in [-0.05, 0) is 13.8 Å². The van der Waals surface area contributed by atoms with Gasteiger partial charge in [-0.1, -0.05) is 0 Å². The zero-order chi connectivity index (χ0) is 7.61. The summed E-state index contributed by atoms with van der Waals surface area (Å²) in [5, 5.41) is 12.6. The van der Waals surface area contributed by atoms with E-state index in [4.69, 9.17) is 4.74 Å². The molecule has 10 heavy (non-hydrogen) atoms. The second kappa shape index (κ2) is 2.86. The maximum Gasteiger partial charge on any atom is 0.115 e. The van der Waals surface area contributed by atoms with Crippen molar-refractivity contribution in [1.82, 2.24) is 5.32 Å². The van der Waals surface area contributed by atoms with E-state index in [2.05, 4.69) is 5.32 Å². The minimum Gasteiger partial charge on any atom is -0.385 e. The standard InChI is InChI=1S/C7H15NO2/c1-3-10-6(2)7(9)4-8-5-7/h6,8-9H,3-5H2,1-2H3. The van der Waals surface area contributed by atoms with Crippen LogP contribution in [0.2, 0.25) is 0 Å². The molecule has 0 aromatic heterocycles. The van der Waals surface area contributed by atoms with Crippen molar-refractivity contribution in [1.29, 1.82) is 0 Å². The molecule has 1 heterocycles. The summed E-state index contributed by atoms with van der Waals surface area (Å²) in [7, 11) is 0. The highest BCUT2D eigenvalue weighted by atomic mass is 16.5. The van der Waals surface area contributed by atoms with Gasteiger partial charge in [-0.25, -0.2) is 0 Å². The lowest BCUT2D eigenvalue weighted by Gasteiger charge is -2.41. The maximum absolute atomic E-state index is 9.62. The van der Waals surface area contributed by atoms with Crippen molar-refractivity contribution in [2.45, 2.75) is 25.6 Å². The smallest absolute Gasteiger partial charge is 0.115 e. The lowest BCUT2D eigenvalue weighted by atomic mass is 9.91. The Morgan fingerprint density at radius 3 is 2.60 bits per heavy atom. The van der Waals surface area contributed by atoms with Crippen molar-refractivity contribution in [2.75, 3.05) is 19.7 Å². The molecule has 0 aromatic carbocycles. The van der Waals surface area contributed by atoms with Crippen LogP contribution in [0.4, 0.5) is 0 Å². The number of β-amino-alcohol motifs (C(OH)–C–C–N with tert-alkyl or cyclic N) is 1. The highest BCUT2D eigenvalue weighted by Gasteiger charge is 2.40. The number of aliphatic hydroxyl groups is 1. The number of rotatable bonds is 3. The molecule has 0 amide bonds. The summed E-state index contributed by atoms with van der Waals surface area (Å²) in [5.74, 6) is 0. The van der Waals surface area contributed by atoms with Crippen molar-refractivity contribution in [2.24, 2.45) is 0 Å². The van der Waals surface area contributed by atoms with Gasteiger partial charge in [0, 0.05) is 19.7 Å². The number of hydrogen-bond donors (Lipinski definition) is 2. The molecular weight excluding hydrogens is 130 g/mol. The van der Waals surface area contributed by atoms with Gasteiger partial charge in [-0.2, -0.15) is 0 Å². The van der Waals surface area contributed by atoms with Crippen LogP contribution in [0.25, 0.3) is 0 Å². The Bertz CT molecular complexity index is 112. The summed E-state index contributed by atoms with van der Waals surface area (Å²) in [6, 6.07) is 0. The highest BCUT2D eigenvalue weighted by Crippen LogP contribution is 2.17. The summed E-state index contributed by atoms with van der Waals surface area (Å²) in [5.41, 5.74) is -0.601. The normalized spacial score (nSPS) is 25.5. The van der Waals surface area contributed by atoms with E-state index in [-0.39, 0.29) is 6.10 Å². The van der Waals surface area contributed by atoms with Crippen LogP contribution in [0.5, 0.6) is 0 Å². The third-order valence-electron chi connectivity index (χ3n) is 2.04. The fourth-order valence-corrected chi connectivity index (χ4v) is 1.07. The average Bonchev–Trinajstić information content (AvgIpc) is 1.83. The molecule has 1 aliphatic rings. The largest absolute Gasteiger partial charge is 0.385 e. The first-order chi connectivity index (χ1) is 4.69. The van der Waals surface area contributed by atoms with Crippen LogP contribution in [0.15, 0.2) is 0 Å². The Hall–Kier alpha value is -0.120. The van der Waals surface area contributed by atoms with Gasteiger partial charge in [0.25, 0.3) is 0 Å². The summed E-state index contributed by atoms with van der Waals surface area (Å²) < 4.78 is 5.26. The Morgan fingerprint density at radius 1 is 1.70 bits per heavy atom. The van der Waals surface area contributed by atoms with E-state index in [1.165, 1.54) is 0 Å². The molecule has 0 saturated carbocycles. The first-order valence-corrected chi connectivity index (χ1v) is 3.74. The first-order valence-electron chi connectivity index (χ1n) is 3.74. The lowest BCUT2D eigenvalue weighted by molar-refractivity contribution is -0.124. The van der Waals surface area contributed by atoms with Crippen LogP contribution < -0.4 is 5.32 Å². The number of ether oxygens (including phenoxy) is 1. The van der Waals surface area contributed by atoms with E-state index < -0.39 is 5.60 Å². The molecule has 1 saturated heterocycles. The van der Waals surface area contributed by atoms with Crippen LogP contribution in [-0.2, 0) is 4.74 Å². The minimum absolute atomic E-state index is 0.0428. The van der Waals surface area contributed by atoms with Gasteiger partial charge in [0.2, 0.25) is 0 Å². The molecule has 0 bridgehead atoms. The van der Waals surface area contributed by atoms with Gasteiger partial charge in [0.05, 0.1) is 6.10 Å². The molecule has 0 aliphatic carbocycles. The third-order valence-corrected chi connectivity index (χ3v) is 2.04. The molecule has 60 valence electrons. The molecule has 1 aliphatic heterocycles. The zero-order valence-electron chi connectivity index (χ0n) is 6.55. The number of nitrogens with one attached hydrogen (secondary N) is 1. The Morgan fingerprint density at radius 2 is 2.30 bits per heavy atom. The van der Waals surface area contributed by atoms with Gasteiger partial charge in [0.15, 0.2) is 0 Å². The van der Waals surface area contributed by atoms with Gasteiger partial charge < -0.3 is 15.2 Å². The zero-order valence-corrected chi connectivity index (χ0v) is 6.55. The van der Waals surface area contributed by atoms with E-state index in [0.29, 0.717) is 19.7 Å². The van der Waals surface area contributed by atoms with Gasteiger partial charge in [-0.15, -0.1) is 0 Å². The van der Waals surface area contributed by atoms with Crippen LogP contribution >= 0.6 is 0 Å². The predicted octanol–water partition coefficient (Wildman–Crippen LogP) is -0.254. The van der Waals surface area contributed by atoms with Crippen molar-refractivity contribution in [3.8, 4) is 0 Å². The molecule has 0 spiro atoms. The Balaban J connectivity index is 2.31. The SMILES string of the molecule is CCOC(C)C1(O)CNC1. The second-order valence-electron chi connectivity index (χ2n) is 2.80. The van der Waals surface area contributed by atoms with Crippen molar-refractivity contribution < 1.29 is 9.84 Å². The van der Waals surface area contributed by atoms with Gasteiger partial charge >= 0.3 is 0 Å². The molecule has 1 fully saturated rings.